The number of carbonyl (C=O) groups is 1. The molecule has 1 aromatic rings. The molecule has 2 rings (SSSR count). The highest BCUT2D eigenvalue weighted by molar-refractivity contribution is 9.10. The zero-order valence-electron chi connectivity index (χ0n) is 11.7. The van der Waals surface area contributed by atoms with Gasteiger partial charge in [-0.05, 0) is 38.0 Å². The van der Waals surface area contributed by atoms with Crippen molar-refractivity contribution >= 4 is 31.9 Å². The second-order valence-corrected chi connectivity index (χ2v) is 7.52. The maximum Gasteiger partial charge on any atom is 0.245 e. The van der Waals surface area contributed by atoms with Gasteiger partial charge in [-0.25, -0.2) is 8.42 Å². The van der Waals surface area contributed by atoms with E-state index in [2.05, 4.69) is 26.0 Å². The first-order valence-electron chi connectivity index (χ1n) is 6.49. The maximum atomic E-state index is 12.4. The summed E-state index contributed by atoms with van der Waals surface area (Å²) in [5.74, 6) is -0.101. The second-order valence-electron chi connectivity index (χ2n) is 4.92. The van der Waals surface area contributed by atoms with Crippen molar-refractivity contribution in [2.24, 2.45) is 0 Å². The van der Waals surface area contributed by atoms with E-state index < -0.39 is 16.1 Å². The fourth-order valence-electron chi connectivity index (χ4n) is 1.76. The maximum absolute atomic E-state index is 12.4. The van der Waals surface area contributed by atoms with Crippen LogP contribution in [0.3, 0.4) is 0 Å². The van der Waals surface area contributed by atoms with E-state index in [1.807, 2.05) is 0 Å². The van der Waals surface area contributed by atoms with Crippen molar-refractivity contribution in [3.8, 4) is 5.75 Å². The first-order chi connectivity index (χ1) is 9.83. The van der Waals surface area contributed by atoms with Gasteiger partial charge in [-0.3, -0.25) is 4.79 Å². The molecule has 0 spiro atoms. The second kappa shape index (κ2) is 6.33. The Morgan fingerprint density at radius 3 is 2.67 bits per heavy atom. The van der Waals surface area contributed by atoms with Gasteiger partial charge in [0.1, 0.15) is 10.6 Å². The molecule has 116 valence electrons. The molecule has 0 radical (unpaired) electrons. The van der Waals surface area contributed by atoms with Crippen molar-refractivity contribution in [2.45, 2.75) is 36.7 Å². The normalized spacial score (nSPS) is 16.3. The van der Waals surface area contributed by atoms with Crippen LogP contribution in [0.5, 0.6) is 5.75 Å². The predicted molar refractivity (Wildman–Crippen MR) is 81.6 cm³/mol. The number of methoxy groups -OCH3 is 1. The van der Waals surface area contributed by atoms with E-state index in [-0.39, 0.29) is 22.6 Å². The van der Waals surface area contributed by atoms with Gasteiger partial charge in [-0.2, -0.15) is 4.72 Å². The minimum Gasteiger partial charge on any atom is -0.495 e. The molecule has 1 amide bonds. The van der Waals surface area contributed by atoms with Gasteiger partial charge in [0.25, 0.3) is 0 Å². The molecule has 0 bridgehead atoms. The molecule has 1 aliphatic rings. The number of ether oxygens (including phenoxy) is 1. The molecule has 1 unspecified atom stereocenters. The summed E-state index contributed by atoms with van der Waals surface area (Å²) in [5.41, 5.74) is 0. The Morgan fingerprint density at radius 2 is 2.10 bits per heavy atom. The number of sulfonamides is 1. The highest BCUT2D eigenvalue weighted by atomic mass is 79.9. The van der Waals surface area contributed by atoms with E-state index in [4.69, 9.17) is 4.74 Å². The molecule has 0 aliphatic heterocycles. The summed E-state index contributed by atoms with van der Waals surface area (Å²) >= 11 is 3.23. The summed E-state index contributed by atoms with van der Waals surface area (Å²) in [6, 6.07) is 4.01. The number of nitrogens with one attached hydrogen (secondary N) is 2. The largest absolute Gasteiger partial charge is 0.495 e. The van der Waals surface area contributed by atoms with Crippen LogP contribution in [0, 0.1) is 0 Å². The minimum atomic E-state index is -3.85. The lowest BCUT2D eigenvalue weighted by atomic mass is 10.3. The molecule has 8 heteroatoms. The number of halogens is 1. The first kappa shape index (κ1) is 16.3. The van der Waals surface area contributed by atoms with Crippen molar-refractivity contribution in [2.75, 3.05) is 7.11 Å². The molecule has 2 N–H and O–H groups in total. The van der Waals surface area contributed by atoms with Crippen molar-refractivity contribution in [1.82, 2.24) is 10.0 Å². The molecular formula is C13H17BrN2O4S. The number of hydrogen-bond acceptors (Lipinski definition) is 4. The monoisotopic (exact) mass is 376 g/mol. The van der Waals surface area contributed by atoms with Crippen molar-refractivity contribution in [1.29, 1.82) is 0 Å². The quantitative estimate of drug-likeness (QED) is 0.785. The molecule has 1 atom stereocenters. The Hall–Kier alpha value is -1.12. The molecule has 1 saturated carbocycles. The van der Waals surface area contributed by atoms with Crippen LogP contribution in [0.15, 0.2) is 27.6 Å². The molecule has 1 aromatic carbocycles. The zero-order valence-corrected chi connectivity index (χ0v) is 14.1. The van der Waals surface area contributed by atoms with E-state index >= 15 is 0 Å². The summed E-state index contributed by atoms with van der Waals surface area (Å²) in [6.07, 6.45) is 1.90. The first-order valence-corrected chi connectivity index (χ1v) is 8.77. The van der Waals surface area contributed by atoms with Gasteiger partial charge in [0.2, 0.25) is 15.9 Å². The molecular weight excluding hydrogens is 360 g/mol. The van der Waals surface area contributed by atoms with Gasteiger partial charge in [-0.1, -0.05) is 15.9 Å². The third-order valence-corrected chi connectivity index (χ3v) is 5.12. The highest BCUT2D eigenvalue weighted by Crippen LogP contribution is 2.27. The van der Waals surface area contributed by atoms with Crippen LogP contribution in [-0.4, -0.2) is 33.5 Å². The molecule has 21 heavy (non-hydrogen) atoms. The van der Waals surface area contributed by atoms with E-state index in [1.54, 1.807) is 12.1 Å². The van der Waals surface area contributed by atoms with E-state index in [9.17, 15) is 13.2 Å². The number of benzene rings is 1. The number of carbonyl (C=O) groups excluding carboxylic acids is 1. The van der Waals surface area contributed by atoms with Crippen LogP contribution < -0.4 is 14.8 Å². The van der Waals surface area contributed by atoms with Crippen LogP contribution in [-0.2, 0) is 14.8 Å². The summed E-state index contributed by atoms with van der Waals surface area (Å²) in [4.78, 5) is 11.8. The summed E-state index contributed by atoms with van der Waals surface area (Å²) in [6.45, 7) is 1.51. The molecule has 0 aromatic heterocycles. The fraction of sp³-hybridized carbons (Fsp3) is 0.462. The predicted octanol–water partition coefficient (Wildman–Crippen LogP) is 1.40. The van der Waals surface area contributed by atoms with Gasteiger partial charge in [0.05, 0.1) is 13.2 Å². The standard InChI is InChI=1S/C13H17BrN2O4S/c1-8(13(17)15-10-4-5-10)16-21(18,19)12-7-9(14)3-6-11(12)20-2/h3,6-8,10,16H,4-5H2,1-2H3,(H,15,17). The Kier molecular flexibility index (Phi) is 4.90. The average Bonchev–Trinajstić information content (AvgIpc) is 3.22. The van der Waals surface area contributed by atoms with Crippen LogP contribution >= 0.6 is 15.9 Å². The van der Waals surface area contributed by atoms with E-state index in [0.29, 0.717) is 4.47 Å². The van der Waals surface area contributed by atoms with E-state index in [1.165, 1.54) is 20.1 Å². The van der Waals surface area contributed by atoms with Gasteiger partial charge >= 0.3 is 0 Å². The number of rotatable bonds is 6. The van der Waals surface area contributed by atoms with Gasteiger partial charge in [-0.15, -0.1) is 0 Å². The van der Waals surface area contributed by atoms with Crippen LogP contribution in [0.25, 0.3) is 0 Å². The van der Waals surface area contributed by atoms with Crippen molar-refractivity contribution in [3.63, 3.8) is 0 Å². The third-order valence-electron chi connectivity index (χ3n) is 3.06. The van der Waals surface area contributed by atoms with Crippen molar-refractivity contribution < 1.29 is 17.9 Å². The molecule has 0 heterocycles. The Labute approximate surface area is 132 Å². The van der Waals surface area contributed by atoms with Crippen molar-refractivity contribution in [3.05, 3.63) is 22.7 Å². The lowest BCUT2D eigenvalue weighted by Gasteiger charge is -2.16. The molecule has 0 saturated heterocycles. The Balaban J connectivity index is 2.17. The van der Waals surface area contributed by atoms with Gasteiger partial charge in [0, 0.05) is 10.5 Å². The summed E-state index contributed by atoms with van der Waals surface area (Å²) in [5, 5.41) is 2.76. The lowest BCUT2D eigenvalue weighted by molar-refractivity contribution is -0.122. The van der Waals surface area contributed by atoms with Crippen LogP contribution in [0.4, 0.5) is 0 Å². The lowest BCUT2D eigenvalue weighted by Crippen LogP contribution is -2.45. The summed E-state index contributed by atoms with van der Waals surface area (Å²) < 4.78 is 32.8. The Bertz CT molecular complexity index is 644. The van der Waals surface area contributed by atoms with Gasteiger partial charge in [0.15, 0.2) is 0 Å². The fourth-order valence-corrected chi connectivity index (χ4v) is 3.67. The number of hydrogen-bond donors (Lipinski definition) is 2. The molecule has 1 aliphatic carbocycles. The smallest absolute Gasteiger partial charge is 0.245 e. The summed E-state index contributed by atoms with van der Waals surface area (Å²) in [7, 11) is -2.46. The topological polar surface area (TPSA) is 84.5 Å². The van der Waals surface area contributed by atoms with Crippen LogP contribution in [0.2, 0.25) is 0 Å². The van der Waals surface area contributed by atoms with E-state index in [0.717, 1.165) is 12.8 Å². The Morgan fingerprint density at radius 1 is 1.43 bits per heavy atom. The van der Waals surface area contributed by atoms with Gasteiger partial charge < -0.3 is 10.1 Å². The zero-order chi connectivity index (χ0) is 15.6. The number of amides is 1. The minimum absolute atomic E-state index is 0.00885. The third kappa shape index (κ3) is 4.18. The highest BCUT2D eigenvalue weighted by Gasteiger charge is 2.29. The van der Waals surface area contributed by atoms with Crippen LogP contribution in [0.1, 0.15) is 19.8 Å². The molecule has 1 fully saturated rings. The average molecular weight is 377 g/mol. The SMILES string of the molecule is COc1ccc(Br)cc1S(=O)(=O)NC(C)C(=O)NC1CC1. The molecule has 6 nitrogen and oxygen atoms in total.